The molecule has 0 saturated heterocycles. The van der Waals surface area contributed by atoms with Gasteiger partial charge in [-0.3, -0.25) is 14.4 Å². The molecule has 7 nitrogen and oxygen atoms in total. The summed E-state index contributed by atoms with van der Waals surface area (Å²) in [6.45, 7) is 1.91. The molecule has 244 valence electrons. The van der Waals surface area contributed by atoms with Gasteiger partial charge in [0.05, 0.1) is 26.0 Å². The maximum atomic E-state index is 13.6. The molecule has 3 amide bonds. The van der Waals surface area contributed by atoms with Crippen molar-refractivity contribution in [3.8, 4) is 11.3 Å². The lowest BCUT2D eigenvalue weighted by atomic mass is 10.1. The molecule has 0 bridgehead atoms. The van der Waals surface area contributed by atoms with E-state index in [1.54, 1.807) is 84.9 Å². The van der Waals surface area contributed by atoms with E-state index in [0.717, 1.165) is 4.90 Å². The Labute approximate surface area is 305 Å². The second-order valence-corrected chi connectivity index (χ2v) is 13.9. The first-order valence-electron chi connectivity index (χ1n) is 14.4. The average molecular weight is 757 g/mol. The van der Waals surface area contributed by atoms with Crippen molar-refractivity contribution in [1.82, 2.24) is 10.3 Å². The standard InChI is InChI=1S/C35H26Cl4N4O3S2/c1-2-30(34(46)43-35-42-29(19-47-35)25-15-14-22(36)17-27(25)38)48-24-12-7-11-23(18-24)40-33(45)28(16-21-10-6-13-26(37)31(21)39)41-32(44)20-8-4-3-5-9-20/h3-19,30H,2H2,1H3,(H,40,45)(H,41,44)(H,42,43,46)/b28-16+. The monoisotopic (exact) mass is 754 g/mol. The zero-order valence-electron chi connectivity index (χ0n) is 25.1. The molecule has 48 heavy (non-hydrogen) atoms. The number of halogens is 4. The van der Waals surface area contributed by atoms with Crippen LogP contribution >= 0.6 is 69.5 Å². The van der Waals surface area contributed by atoms with Crippen LogP contribution in [0.25, 0.3) is 17.3 Å². The predicted molar refractivity (Wildman–Crippen MR) is 200 cm³/mol. The quantitative estimate of drug-likeness (QED) is 0.0921. The van der Waals surface area contributed by atoms with Crippen molar-refractivity contribution in [2.45, 2.75) is 23.5 Å². The molecule has 1 unspecified atom stereocenters. The van der Waals surface area contributed by atoms with E-state index in [1.807, 2.05) is 18.4 Å². The van der Waals surface area contributed by atoms with Gasteiger partial charge in [-0.25, -0.2) is 4.98 Å². The van der Waals surface area contributed by atoms with Gasteiger partial charge in [-0.05, 0) is 72.7 Å². The largest absolute Gasteiger partial charge is 0.321 e. The number of rotatable bonds is 11. The fourth-order valence-electron chi connectivity index (χ4n) is 4.40. The number of carbonyl (C=O) groups is 3. The summed E-state index contributed by atoms with van der Waals surface area (Å²) in [5, 5.41) is 11.8. The summed E-state index contributed by atoms with van der Waals surface area (Å²) in [4.78, 5) is 45.1. The van der Waals surface area contributed by atoms with Crippen molar-refractivity contribution in [3.63, 3.8) is 0 Å². The van der Waals surface area contributed by atoms with Crippen molar-refractivity contribution >= 4 is 104 Å². The Balaban J connectivity index is 1.29. The minimum absolute atomic E-state index is 0.0420. The van der Waals surface area contributed by atoms with Crippen LogP contribution in [0.2, 0.25) is 20.1 Å². The second kappa shape index (κ2) is 16.5. The summed E-state index contributed by atoms with van der Waals surface area (Å²) in [6, 6.07) is 25.8. The first-order chi connectivity index (χ1) is 23.1. The van der Waals surface area contributed by atoms with Gasteiger partial charge in [-0.15, -0.1) is 23.1 Å². The number of benzene rings is 4. The molecule has 0 aliphatic rings. The zero-order chi connectivity index (χ0) is 34.2. The minimum atomic E-state index is -0.581. The van der Waals surface area contributed by atoms with E-state index < -0.39 is 17.1 Å². The highest BCUT2D eigenvalue weighted by molar-refractivity contribution is 8.00. The molecule has 0 saturated carbocycles. The number of hydrogen-bond donors (Lipinski definition) is 3. The molecule has 0 aliphatic heterocycles. The molecular weight excluding hydrogens is 730 g/mol. The van der Waals surface area contributed by atoms with Crippen molar-refractivity contribution in [2.75, 3.05) is 10.6 Å². The molecule has 1 aromatic heterocycles. The molecule has 5 rings (SSSR count). The third-order valence-electron chi connectivity index (χ3n) is 6.78. The Hall–Kier alpha value is -3.83. The zero-order valence-corrected chi connectivity index (χ0v) is 29.8. The minimum Gasteiger partial charge on any atom is -0.321 e. The van der Waals surface area contributed by atoms with E-state index in [1.165, 1.54) is 29.2 Å². The molecule has 5 aromatic rings. The Morgan fingerprint density at radius 1 is 0.875 bits per heavy atom. The van der Waals surface area contributed by atoms with Crippen molar-refractivity contribution in [2.24, 2.45) is 0 Å². The van der Waals surface area contributed by atoms with E-state index in [9.17, 15) is 14.4 Å². The van der Waals surface area contributed by atoms with Gasteiger partial charge in [0.1, 0.15) is 5.70 Å². The summed E-state index contributed by atoms with van der Waals surface area (Å²) in [5.74, 6) is -1.27. The molecule has 1 atom stereocenters. The molecular formula is C35H26Cl4N4O3S2. The van der Waals surface area contributed by atoms with Crippen LogP contribution in [0.5, 0.6) is 0 Å². The summed E-state index contributed by atoms with van der Waals surface area (Å²) in [6.07, 6.45) is 2.00. The lowest BCUT2D eigenvalue weighted by Gasteiger charge is -2.15. The lowest BCUT2D eigenvalue weighted by Crippen LogP contribution is -2.30. The number of aromatic nitrogens is 1. The van der Waals surface area contributed by atoms with Crippen LogP contribution in [0.4, 0.5) is 10.8 Å². The maximum Gasteiger partial charge on any atom is 0.272 e. The van der Waals surface area contributed by atoms with Crippen LogP contribution in [0.3, 0.4) is 0 Å². The van der Waals surface area contributed by atoms with Crippen LogP contribution in [-0.2, 0) is 9.59 Å². The van der Waals surface area contributed by atoms with Gasteiger partial charge in [0, 0.05) is 32.1 Å². The van der Waals surface area contributed by atoms with Crippen molar-refractivity contribution < 1.29 is 14.4 Å². The van der Waals surface area contributed by atoms with Gasteiger partial charge < -0.3 is 16.0 Å². The maximum absolute atomic E-state index is 13.6. The van der Waals surface area contributed by atoms with E-state index in [2.05, 4.69) is 20.9 Å². The van der Waals surface area contributed by atoms with Crippen LogP contribution in [0.1, 0.15) is 29.3 Å². The third-order valence-corrected chi connectivity index (χ3v) is 10.3. The first kappa shape index (κ1) is 35.5. The van der Waals surface area contributed by atoms with Gasteiger partial charge in [0.2, 0.25) is 5.91 Å². The highest BCUT2D eigenvalue weighted by Crippen LogP contribution is 2.34. The van der Waals surface area contributed by atoms with Crippen molar-refractivity contribution in [3.05, 3.63) is 133 Å². The predicted octanol–water partition coefficient (Wildman–Crippen LogP) is 10.3. The smallest absolute Gasteiger partial charge is 0.272 e. The topological polar surface area (TPSA) is 100 Å². The van der Waals surface area contributed by atoms with Gasteiger partial charge in [0.25, 0.3) is 11.8 Å². The Bertz CT molecular complexity index is 2000. The highest BCUT2D eigenvalue weighted by Gasteiger charge is 2.21. The number of nitrogens with zero attached hydrogens (tertiary/aromatic N) is 1. The Kier molecular flexibility index (Phi) is 12.2. The van der Waals surface area contributed by atoms with Crippen molar-refractivity contribution in [1.29, 1.82) is 0 Å². The van der Waals surface area contributed by atoms with E-state index in [0.29, 0.717) is 54.7 Å². The SMILES string of the molecule is CCC(Sc1cccc(NC(=O)/C(=C\c2cccc(Cl)c2Cl)NC(=O)c2ccccc2)c1)C(=O)Nc1nc(-c2ccc(Cl)cc2Cl)cs1. The molecule has 0 fully saturated rings. The van der Waals surface area contributed by atoms with E-state index >= 15 is 0 Å². The van der Waals surface area contributed by atoms with Crippen LogP contribution in [0, 0.1) is 0 Å². The number of thioether (sulfide) groups is 1. The Morgan fingerprint density at radius 2 is 1.65 bits per heavy atom. The summed E-state index contributed by atoms with van der Waals surface area (Å²) in [5.41, 5.74) is 2.59. The molecule has 3 N–H and O–H groups in total. The summed E-state index contributed by atoms with van der Waals surface area (Å²) < 4.78 is 0. The van der Waals surface area contributed by atoms with Crippen LogP contribution in [0.15, 0.2) is 107 Å². The summed E-state index contributed by atoms with van der Waals surface area (Å²) >= 11 is 27.6. The average Bonchev–Trinajstić information content (AvgIpc) is 3.53. The van der Waals surface area contributed by atoms with Gasteiger partial charge in [0.15, 0.2) is 5.13 Å². The molecule has 0 aliphatic carbocycles. The highest BCUT2D eigenvalue weighted by atomic mass is 35.5. The fourth-order valence-corrected chi connectivity index (χ4v) is 6.99. The third kappa shape index (κ3) is 9.19. The van der Waals surface area contributed by atoms with Gasteiger partial charge in [-0.1, -0.05) is 89.7 Å². The van der Waals surface area contributed by atoms with Gasteiger partial charge in [-0.2, -0.15) is 0 Å². The first-order valence-corrected chi connectivity index (χ1v) is 17.7. The molecule has 0 spiro atoms. The van der Waals surface area contributed by atoms with Crippen LogP contribution < -0.4 is 16.0 Å². The van der Waals surface area contributed by atoms with E-state index in [4.69, 9.17) is 46.4 Å². The normalized spacial score (nSPS) is 11.9. The number of hydrogen-bond acceptors (Lipinski definition) is 6. The number of anilines is 2. The lowest BCUT2D eigenvalue weighted by molar-refractivity contribution is -0.116. The summed E-state index contributed by atoms with van der Waals surface area (Å²) in [7, 11) is 0. The van der Waals surface area contributed by atoms with Crippen LogP contribution in [-0.4, -0.2) is 28.0 Å². The number of nitrogens with one attached hydrogen (secondary N) is 3. The van der Waals surface area contributed by atoms with Gasteiger partial charge >= 0.3 is 0 Å². The second-order valence-electron chi connectivity index (χ2n) is 10.2. The molecule has 13 heteroatoms. The number of carbonyl (C=O) groups excluding carboxylic acids is 3. The number of amides is 3. The van der Waals surface area contributed by atoms with E-state index in [-0.39, 0.29) is 16.6 Å². The molecule has 0 radical (unpaired) electrons. The number of thiazole rings is 1. The molecule has 1 heterocycles. The fraction of sp³-hybridized carbons (Fsp3) is 0.0857. The Morgan fingerprint density at radius 3 is 2.40 bits per heavy atom. The molecule has 4 aromatic carbocycles.